The zero-order chi connectivity index (χ0) is 24.8. The standard InChI is InChI=1S/C27H21N3O5/c1-35-19-13-11-18(12-14-19)24(31)16-25(32)27(34)30-29-26(33)21-15-23(17-7-3-2-4-8-17)28-22-10-6-5-9-20(21)22/h2-15H,16H2,1H3,(H,29,33)(H,30,34). The highest BCUT2D eigenvalue weighted by molar-refractivity contribution is 6.40. The van der Waals surface area contributed by atoms with Crippen LogP contribution in [0.2, 0.25) is 0 Å². The minimum absolute atomic E-state index is 0.271. The second-order valence-corrected chi connectivity index (χ2v) is 7.60. The predicted octanol–water partition coefficient (Wildman–Crippen LogP) is 3.51. The number of ether oxygens (including phenoxy) is 1. The van der Waals surface area contributed by atoms with Crippen molar-refractivity contribution in [1.82, 2.24) is 15.8 Å². The molecule has 0 unspecified atom stereocenters. The summed E-state index contributed by atoms with van der Waals surface area (Å²) in [4.78, 5) is 54.3. The topological polar surface area (TPSA) is 114 Å². The first-order chi connectivity index (χ1) is 17.0. The number of Topliss-reactive ketones (excluding diaryl/α,β-unsaturated/α-hetero) is 2. The number of amides is 2. The number of aromatic nitrogens is 1. The quantitative estimate of drug-likeness (QED) is 0.186. The molecule has 3 aromatic carbocycles. The zero-order valence-electron chi connectivity index (χ0n) is 18.8. The Morgan fingerprint density at radius 1 is 0.829 bits per heavy atom. The van der Waals surface area contributed by atoms with Gasteiger partial charge < -0.3 is 4.74 Å². The summed E-state index contributed by atoms with van der Waals surface area (Å²) in [5, 5.41) is 0.583. The first-order valence-corrected chi connectivity index (χ1v) is 10.7. The molecule has 1 aromatic heterocycles. The minimum atomic E-state index is -1.10. The summed E-state index contributed by atoms with van der Waals surface area (Å²) in [6.45, 7) is 0. The highest BCUT2D eigenvalue weighted by atomic mass is 16.5. The van der Waals surface area contributed by atoms with Crippen LogP contribution in [-0.4, -0.2) is 35.5 Å². The fraction of sp³-hybridized carbons (Fsp3) is 0.0741. The second kappa shape index (κ2) is 10.4. The van der Waals surface area contributed by atoms with Crippen LogP contribution in [0.5, 0.6) is 5.75 Å². The fourth-order valence-electron chi connectivity index (χ4n) is 3.48. The number of benzene rings is 3. The van der Waals surface area contributed by atoms with Gasteiger partial charge in [-0.1, -0.05) is 48.5 Å². The maximum atomic E-state index is 12.9. The van der Waals surface area contributed by atoms with Crippen molar-refractivity contribution in [2.24, 2.45) is 0 Å². The Balaban J connectivity index is 1.45. The maximum absolute atomic E-state index is 12.9. The first kappa shape index (κ1) is 23.3. The third kappa shape index (κ3) is 5.39. The van der Waals surface area contributed by atoms with E-state index >= 15 is 0 Å². The highest BCUT2D eigenvalue weighted by Gasteiger charge is 2.21. The number of hydrogen-bond donors (Lipinski definition) is 2. The van der Waals surface area contributed by atoms with E-state index < -0.39 is 29.8 Å². The van der Waals surface area contributed by atoms with Gasteiger partial charge in [0.1, 0.15) is 5.75 Å². The molecule has 0 saturated heterocycles. The van der Waals surface area contributed by atoms with Crippen molar-refractivity contribution in [3.05, 3.63) is 96.1 Å². The largest absolute Gasteiger partial charge is 0.497 e. The van der Waals surface area contributed by atoms with Gasteiger partial charge in [-0.15, -0.1) is 0 Å². The van der Waals surface area contributed by atoms with Gasteiger partial charge in [0, 0.05) is 16.5 Å². The van der Waals surface area contributed by atoms with Crippen molar-refractivity contribution >= 4 is 34.3 Å². The van der Waals surface area contributed by atoms with Gasteiger partial charge in [-0.2, -0.15) is 0 Å². The number of para-hydroxylation sites is 1. The molecule has 0 atom stereocenters. The first-order valence-electron chi connectivity index (χ1n) is 10.7. The molecular formula is C27H21N3O5. The van der Waals surface area contributed by atoms with Crippen LogP contribution in [0.25, 0.3) is 22.2 Å². The van der Waals surface area contributed by atoms with Gasteiger partial charge in [0.2, 0.25) is 5.78 Å². The van der Waals surface area contributed by atoms with E-state index in [0.29, 0.717) is 22.3 Å². The summed E-state index contributed by atoms with van der Waals surface area (Å²) >= 11 is 0. The molecule has 4 aromatic rings. The predicted molar refractivity (Wildman–Crippen MR) is 130 cm³/mol. The zero-order valence-corrected chi connectivity index (χ0v) is 18.8. The summed E-state index contributed by atoms with van der Waals surface area (Å²) in [7, 11) is 1.50. The van der Waals surface area contributed by atoms with Crippen LogP contribution < -0.4 is 15.6 Å². The van der Waals surface area contributed by atoms with E-state index in [9.17, 15) is 19.2 Å². The normalized spacial score (nSPS) is 10.4. The lowest BCUT2D eigenvalue weighted by Crippen LogP contribution is -2.45. The van der Waals surface area contributed by atoms with Crippen LogP contribution >= 0.6 is 0 Å². The van der Waals surface area contributed by atoms with Crippen LogP contribution in [0.4, 0.5) is 0 Å². The summed E-state index contributed by atoms with van der Waals surface area (Å²) in [6.07, 6.45) is -0.635. The number of hydrazine groups is 1. The van der Waals surface area contributed by atoms with Crippen molar-refractivity contribution in [2.75, 3.05) is 7.11 Å². The summed E-state index contributed by atoms with van der Waals surface area (Å²) < 4.78 is 5.03. The average Bonchev–Trinajstić information content (AvgIpc) is 2.91. The monoisotopic (exact) mass is 467 g/mol. The lowest BCUT2D eigenvalue weighted by Gasteiger charge is -2.11. The van der Waals surface area contributed by atoms with E-state index in [2.05, 4.69) is 15.8 Å². The van der Waals surface area contributed by atoms with Gasteiger partial charge in [-0.05, 0) is 36.4 Å². The molecule has 0 radical (unpaired) electrons. The van der Waals surface area contributed by atoms with Gasteiger partial charge in [-0.3, -0.25) is 30.0 Å². The van der Waals surface area contributed by atoms with E-state index in [0.717, 1.165) is 5.56 Å². The SMILES string of the molecule is COc1ccc(C(=O)CC(=O)C(=O)NNC(=O)c2cc(-c3ccccc3)nc3ccccc23)cc1. The Kier molecular flexibility index (Phi) is 6.92. The summed E-state index contributed by atoms with van der Waals surface area (Å²) in [5.41, 5.74) is 6.92. The molecular weight excluding hydrogens is 446 g/mol. The van der Waals surface area contributed by atoms with Crippen LogP contribution in [-0.2, 0) is 9.59 Å². The van der Waals surface area contributed by atoms with E-state index in [1.807, 2.05) is 36.4 Å². The number of nitrogens with zero attached hydrogens (tertiary/aromatic N) is 1. The van der Waals surface area contributed by atoms with Crippen LogP contribution in [0.1, 0.15) is 27.1 Å². The Morgan fingerprint density at radius 2 is 1.51 bits per heavy atom. The molecule has 0 spiro atoms. The molecule has 0 aliphatic carbocycles. The Hall–Kier alpha value is -4.85. The molecule has 0 saturated carbocycles. The van der Waals surface area contributed by atoms with Crippen molar-refractivity contribution in [2.45, 2.75) is 6.42 Å². The fourth-order valence-corrected chi connectivity index (χ4v) is 3.48. The maximum Gasteiger partial charge on any atom is 0.306 e. The highest BCUT2D eigenvalue weighted by Crippen LogP contribution is 2.24. The molecule has 174 valence electrons. The molecule has 1 heterocycles. The Labute approximate surface area is 200 Å². The number of fused-ring (bicyclic) bond motifs is 1. The molecule has 2 amide bonds. The lowest BCUT2D eigenvalue weighted by atomic mass is 10.0. The number of carbonyl (C=O) groups excluding carboxylic acids is 4. The molecule has 0 fully saturated rings. The van der Waals surface area contributed by atoms with Crippen molar-refractivity contribution in [1.29, 1.82) is 0 Å². The van der Waals surface area contributed by atoms with Gasteiger partial charge in [0.15, 0.2) is 5.78 Å². The number of nitrogens with one attached hydrogen (secondary N) is 2. The summed E-state index contributed by atoms with van der Waals surface area (Å²) in [6, 6.07) is 24.3. The van der Waals surface area contributed by atoms with Crippen molar-refractivity contribution in [3.8, 4) is 17.0 Å². The number of hydrogen-bond acceptors (Lipinski definition) is 6. The van der Waals surface area contributed by atoms with E-state index in [-0.39, 0.29) is 11.1 Å². The van der Waals surface area contributed by atoms with Crippen molar-refractivity contribution < 1.29 is 23.9 Å². The van der Waals surface area contributed by atoms with Crippen molar-refractivity contribution in [3.63, 3.8) is 0 Å². The molecule has 4 rings (SSSR count). The smallest absolute Gasteiger partial charge is 0.306 e. The second-order valence-electron chi connectivity index (χ2n) is 7.60. The van der Waals surface area contributed by atoms with Gasteiger partial charge in [0.05, 0.1) is 30.3 Å². The molecule has 0 bridgehead atoms. The Morgan fingerprint density at radius 3 is 2.23 bits per heavy atom. The molecule has 8 nitrogen and oxygen atoms in total. The lowest BCUT2D eigenvalue weighted by molar-refractivity contribution is -0.137. The van der Waals surface area contributed by atoms with Crippen LogP contribution in [0.3, 0.4) is 0 Å². The minimum Gasteiger partial charge on any atom is -0.497 e. The molecule has 8 heteroatoms. The third-order valence-electron chi connectivity index (χ3n) is 5.31. The Bertz CT molecular complexity index is 1420. The van der Waals surface area contributed by atoms with Gasteiger partial charge in [-0.25, -0.2) is 4.98 Å². The number of carbonyl (C=O) groups is 4. The molecule has 35 heavy (non-hydrogen) atoms. The number of methoxy groups -OCH3 is 1. The number of rotatable bonds is 7. The van der Waals surface area contributed by atoms with E-state index in [4.69, 9.17) is 4.74 Å². The number of pyridine rings is 1. The van der Waals surface area contributed by atoms with Crippen LogP contribution in [0, 0.1) is 0 Å². The van der Waals surface area contributed by atoms with Gasteiger partial charge in [0.25, 0.3) is 5.91 Å². The van der Waals surface area contributed by atoms with Crippen LogP contribution in [0.15, 0.2) is 84.9 Å². The number of ketones is 2. The van der Waals surface area contributed by atoms with Gasteiger partial charge >= 0.3 is 5.91 Å². The van der Waals surface area contributed by atoms with E-state index in [1.165, 1.54) is 19.2 Å². The average molecular weight is 467 g/mol. The third-order valence-corrected chi connectivity index (χ3v) is 5.31. The van der Waals surface area contributed by atoms with E-state index in [1.54, 1.807) is 36.4 Å². The molecule has 0 aliphatic rings. The molecule has 0 aliphatic heterocycles. The molecule has 2 N–H and O–H groups in total. The summed E-state index contributed by atoms with van der Waals surface area (Å²) in [5.74, 6) is -2.65.